The molecule has 0 amide bonds. The van der Waals surface area contributed by atoms with E-state index in [0.29, 0.717) is 30.1 Å². The topological polar surface area (TPSA) is 34.2 Å². The van der Waals surface area contributed by atoms with Crippen molar-refractivity contribution in [3.05, 3.63) is 16.1 Å². The van der Waals surface area contributed by atoms with Gasteiger partial charge in [-0.3, -0.25) is 0 Å². The molecule has 0 saturated carbocycles. The summed E-state index contributed by atoms with van der Waals surface area (Å²) < 4.78 is 5.95. The fourth-order valence-electron chi connectivity index (χ4n) is 3.15. The molecule has 0 aliphatic carbocycles. The molecule has 1 N–H and O–H groups in total. The Labute approximate surface area is 114 Å². The van der Waals surface area contributed by atoms with Gasteiger partial charge in [0.05, 0.1) is 22.9 Å². The molecule has 102 valence electrons. The average Bonchev–Trinajstić information content (AvgIpc) is 2.82. The molecular formula is C14H24N2OS. The van der Waals surface area contributed by atoms with E-state index in [2.05, 4.69) is 43.4 Å². The first-order valence-corrected chi connectivity index (χ1v) is 7.64. The van der Waals surface area contributed by atoms with Crippen LogP contribution in [0, 0.1) is 18.8 Å². The number of nitrogens with one attached hydrogen (secondary N) is 1. The molecule has 1 aliphatic heterocycles. The summed E-state index contributed by atoms with van der Waals surface area (Å²) in [6, 6.07) is 0.446. The van der Waals surface area contributed by atoms with Crippen molar-refractivity contribution in [1.82, 2.24) is 10.3 Å². The number of hydrogen-bond acceptors (Lipinski definition) is 4. The molecule has 0 spiro atoms. The minimum Gasteiger partial charge on any atom is -0.375 e. The lowest BCUT2D eigenvalue weighted by Crippen LogP contribution is -2.41. The highest BCUT2D eigenvalue weighted by molar-refractivity contribution is 7.09. The molecule has 0 aromatic carbocycles. The summed E-state index contributed by atoms with van der Waals surface area (Å²) in [6.45, 7) is 8.74. The number of likely N-dealkylation sites (N-methyl/N-ethyl adjacent to an activating group) is 1. The van der Waals surface area contributed by atoms with E-state index in [1.807, 2.05) is 7.05 Å². The van der Waals surface area contributed by atoms with Gasteiger partial charge in [-0.15, -0.1) is 11.3 Å². The smallest absolute Gasteiger partial charge is 0.0897 e. The van der Waals surface area contributed by atoms with E-state index >= 15 is 0 Å². The Balaban J connectivity index is 2.08. The van der Waals surface area contributed by atoms with Crippen molar-refractivity contribution in [2.24, 2.45) is 11.8 Å². The lowest BCUT2D eigenvalue weighted by Gasteiger charge is -2.28. The van der Waals surface area contributed by atoms with E-state index in [1.54, 1.807) is 11.3 Å². The molecule has 1 aliphatic rings. The summed E-state index contributed by atoms with van der Waals surface area (Å²) in [5.41, 5.74) is 1.20. The first kappa shape index (κ1) is 14.0. The molecule has 2 rings (SSSR count). The Morgan fingerprint density at radius 1 is 1.39 bits per heavy atom. The van der Waals surface area contributed by atoms with Crippen LogP contribution in [-0.2, 0) is 11.2 Å². The highest BCUT2D eigenvalue weighted by Crippen LogP contribution is 2.35. The summed E-state index contributed by atoms with van der Waals surface area (Å²) in [6.07, 6.45) is 1.68. The van der Waals surface area contributed by atoms with Crippen LogP contribution >= 0.6 is 11.3 Å². The second kappa shape index (κ2) is 5.68. The van der Waals surface area contributed by atoms with E-state index in [0.717, 1.165) is 11.4 Å². The fourth-order valence-corrected chi connectivity index (χ4v) is 3.77. The molecule has 18 heavy (non-hydrogen) atoms. The summed E-state index contributed by atoms with van der Waals surface area (Å²) in [7, 11) is 2.05. The highest BCUT2D eigenvalue weighted by Gasteiger charge is 2.41. The summed E-state index contributed by atoms with van der Waals surface area (Å²) in [5, 5.41) is 6.79. The zero-order valence-electron chi connectivity index (χ0n) is 11.9. The van der Waals surface area contributed by atoms with Crippen molar-refractivity contribution >= 4 is 11.3 Å². The number of hydrogen-bond donors (Lipinski definition) is 1. The Morgan fingerprint density at radius 2 is 2.11 bits per heavy atom. The first-order valence-electron chi connectivity index (χ1n) is 6.76. The van der Waals surface area contributed by atoms with Crippen molar-refractivity contribution in [1.29, 1.82) is 0 Å². The Hall–Kier alpha value is -0.450. The molecule has 1 aromatic rings. The molecule has 3 nitrogen and oxygen atoms in total. The second-order valence-electron chi connectivity index (χ2n) is 5.44. The number of rotatable bonds is 4. The SMILES string of the molecule is CNC(Cc1csc(C)n1)C1C(C)OC(C)C1C. The number of aryl methyl sites for hydroxylation is 1. The minimum atomic E-state index is 0.326. The zero-order chi connectivity index (χ0) is 13.3. The van der Waals surface area contributed by atoms with Crippen LogP contribution in [0.5, 0.6) is 0 Å². The molecule has 1 aromatic heterocycles. The lowest BCUT2D eigenvalue weighted by atomic mass is 9.82. The molecule has 0 radical (unpaired) electrons. The Morgan fingerprint density at radius 3 is 2.56 bits per heavy atom. The van der Waals surface area contributed by atoms with Crippen molar-refractivity contribution in [2.45, 2.75) is 52.4 Å². The van der Waals surface area contributed by atoms with Crippen LogP contribution in [0.4, 0.5) is 0 Å². The van der Waals surface area contributed by atoms with Gasteiger partial charge in [0.25, 0.3) is 0 Å². The minimum absolute atomic E-state index is 0.326. The molecule has 0 bridgehead atoms. The van der Waals surface area contributed by atoms with Gasteiger partial charge in [-0.25, -0.2) is 4.98 Å². The molecule has 1 saturated heterocycles. The predicted molar refractivity (Wildman–Crippen MR) is 76.1 cm³/mol. The highest BCUT2D eigenvalue weighted by atomic mass is 32.1. The van der Waals surface area contributed by atoms with E-state index < -0.39 is 0 Å². The Bertz CT molecular complexity index is 393. The van der Waals surface area contributed by atoms with E-state index in [-0.39, 0.29) is 0 Å². The van der Waals surface area contributed by atoms with E-state index in [4.69, 9.17) is 4.74 Å². The third kappa shape index (κ3) is 2.76. The number of ether oxygens (including phenoxy) is 1. The molecular weight excluding hydrogens is 244 g/mol. The van der Waals surface area contributed by atoms with Crippen molar-refractivity contribution in [3.8, 4) is 0 Å². The van der Waals surface area contributed by atoms with E-state index in [9.17, 15) is 0 Å². The summed E-state index contributed by atoms with van der Waals surface area (Å²) in [4.78, 5) is 4.58. The quantitative estimate of drug-likeness (QED) is 0.911. The Kier molecular flexibility index (Phi) is 4.41. The van der Waals surface area contributed by atoms with Crippen molar-refractivity contribution in [2.75, 3.05) is 7.05 Å². The molecule has 2 heterocycles. The van der Waals surface area contributed by atoms with Crippen molar-refractivity contribution in [3.63, 3.8) is 0 Å². The average molecular weight is 268 g/mol. The van der Waals surface area contributed by atoms with Crippen LogP contribution in [0.25, 0.3) is 0 Å². The largest absolute Gasteiger partial charge is 0.375 e. The molecule has 1 fully saturated rings. The summed E-state index contributed by atoms with van der Waals surface area (Å²) in [5.74, 6) is 1.16. The number of aromatic nitrogens is 1. The van der Waals surface area contributed by atoms with Gasteiger partial charge in [-0.2, -0.15) is 0 Å². The monoisotopic (exact) mass is 268 g/mol. The maximum Gasteiger partial charge on any atom is 0.0897 e. The van der Waals surface area contributed by atoms with Gasteiger partial charge < -0.3 is 10.1 Å². The van der Waals surface area contributed by atoms with Gasteiger partial charge in [-0.05, 0) is 33.7 Å². The van der Waals surface area contributed by atoms with Crippen LogP contribution in [-0.4, -0.2) is 30.3 Å². The van der Waals surface area contributed by atoms with Crippen LogP contribution in [0.3, 0.4) is 0 Å². The van der Waals surface area contributed by atoms with Crippen molar-refractivity contribution < 1.29 is 4.74 Å². The normalized spacial score (nSPS) is 33.8. The number of thiazole rings is 1. The van der Waals surface area contributed by atoms with Crippen LogP contribution in [0.15, 0.2) is 5.38 Å². The third-order valence-electron chi connectivity index (χ3n) is 4.25. The lowest BCUT2D eigenvalue weighted by molar-refractivity contribution is 0.0478. The molecule has 4 heteroatoms. The van der Waals surface area contributed by atoms with Crippen LogP contribution in [0.1, 0.15) is 31.5 Å². The van der Waals surface area contributed by atoms with Gasteiger partial charge in [0.1, 0.15) is 0 Å². The van der Waals surface area contributed by atoms with Crippen LogP contribution < -0.4 is 5.32 Å². The molecule has 5 unspecified atom stereocenters. The maximum absolute atomic E-state index is 5.95. The fraction of sp³-hybridized carbons (Fsp3) is 0.786. The second-order valence-corrected chi connectivity index (χ2v) is 6.50. The van der Waals surface area contributed by atoms with E-state index in [1.165, 1.54) is 5.69 Å². The predicted octanol–water partition coefficient (Wildman–Crippen LogP) is 2.64. The van der Waals surface area contributed by atoms with Gasteiger partial charge in [-0.1, -0.05) is 6.92 Å². The van der Waals surface area contributed by atoms with Gasteiger partial charge in [0, 0.05) is 23.8 Å². The third-order valence-corrected chi connectivity index (χ3v) is 5.07. The molecule has 5 atom stereocenters. The standard InChI is InChI=1S/C14H24N2OS/c1-8-9(2)17-10(3)14(8)13(15-5)6-12-7-18-11(4)16-12/h7-10,13-15H,6H2,1-5H3. The van der Waals surface area contributed by atoms with Crippen LogP contribution in [0.2, 0.25) is 0 Å². The zero-order valence-corrected chi connectivity index (χ0v) is 12.8. The number of nitrogens with zero attached hydrogens (tertiary/aromatic N) is 1. The van der Waals surface area contributed by atoms with Gasteiger partial charge >= 0.3 is 0 Å². The van der Waals surface area contributed by atoms with Gasteiger partial charge in [0.2, 0.25) is 0 Å². The maximum atomic E-state index is 5.95. The summed E-state index contributed by atoms with van der Waals surface area (Å²) >= 11 is 1.73. The van der Waals surface area contributed by atoms with Gasteiger partial charge in [0.15, 0.2) is 0 Å². The first-order chi connectivity index (χ1) is 8.52.